The molecule has 2 aromatic rings. The van der Waals surface area contributed by atoms with Crippen LogP contribution in [0.15, 0.2) is 58.3 Å². The summed E-state index contributed by atoms with van der Waals surface area (Å²) in [7, 11) is -5.22. The maximum absolute atomic E-state index is 12.3. The molecule has 7 nitrogen and oxygen atoms in total. The van der Waals surface area contributed by atoms with Gasteiger partial charge in [-0.1, -0.05) is 30.3 Å². The SMILES string of the molecule is CN(CCCC1CC(c2ccccc2)NN1)c1ccc(S(C)(=O)=O)cc1S(C)(=O)=O. The van der Waals surface area contributed by atoms with E-state index in [1.807, 2.05) is 30.1 Å². The van der Waals surface area contributed by atoms with E-state index in [9.17, 15) is 16.8 Å². The molecule has 1 heterocycles. The van der Waals surface area contributed by atoms with Crippen LogP contribution in [0.2, 0.25) is 0 Å². The van der Waals surface area contributed by atoms with Crippen molar-refractivity contribution in [3.63, 3.8) is 0 Å². The molecule has 2 atom stereocenters. The molecule has 0 radical (unpaired) electrons. The van der Waals surface area contributed by atoms with Crippen molar-refractivity contribution in [3.8, 4) is 0 Å². The molecule has 1 fully saturated rings. The first-order valence-corrected chi connectivity index (χ1v) is 13.7. The molecule has 1 saturated heterocycles. The highest BCUT2D eigenvalue weighted by Crippen LogP contribution is 2.28. The first kappa shape index (κ1) is 22.7. The normalized spacial score (nSPS) is 19.7. The van der Waals surface area contributed by atoms with Crippen LogP contribution in [0.3, 0.4) is 0 Å². The molecular formula is C21H29N3O4S2. The zero-order chi connectivity index (χ0) is 21.9. The first-order chi connectivity index (χ1) is 14.1. The Labute approximate surface area is 179 Å². The van der Waals surface area contributed by atoms with E-state index in [2.05, 4.69) is 23.0 Å². The smallest absolute Gasteiger partial charge is 0.177 e. The maximum atomic E-state index is 12.3. The van der Waals surface area contributed by atoms with Gasteiger partial charge in [0, 0.05) is 38.2 Å². The number of hydrogen-bond acceptors (Lipinski definition) is 7. The molecule has 0 spiro atoms. The number of hydrazine groups is 1. The fraction of sp³-hybridized carbons (Fsp3) is 0.429. The van der Waals surface area contributed by atoms with Crippen LogP contribution >= 0.6 is 0 Å². The van der Waals surface area contributed by atoms with Gasteiger partial charge in [0.1, 0.15) is 0 Å². The molecule has 1 aliphatic rings. The molecule has 0 amide bonds. The van der Waals surface area contributed by atoms with Crippen LogP contribution in [-0.4, -0.2) is 49.0 Å². The van der Waals surface area contributed by atoms with Gasteiger partial charge in [0.2, 0.25) is 0 Å². The third-order valence-electron chi connectivity index (χ3n) is 5.40. The Bertz CT molecular complexity index is 1090. The van der Waals surface area contributed by atoms with Gasteiger partial charge in [0.25, 0.3) is 0 Å². The number of hydrogen-bond donors (Lipinski definition) is 2. The van der Waals surface area contributed by atoms with Gasteiger partial charge in [-0.2, -0.15) is 0 Å². The minimum Gasteiger partial charge on any atom is -0.374 e. The lowest BCUT2D eigenvalue weighted by molar-refractivity contribution is 0.502. The number of anilines is 1. The van der Waals surface area contributed by atoms with E-state index in [-0.39, 0.29) is 15.8 Å². The number of sulfone groups is 2. The Morgan fingerprint density at radius 3 is 2.30 bits per heavy atom. The Hall–Kier alpha value is -1.94. The summed E-state index contributed by atoms with van der Waals surface area (Å²) in [5.74, 6) is 0. The highest BCUT2D eigenvalue weighted by Gasteiger charge is 2.25. The average molecular weight is 452 g/mol. The Morgan fingerprint density at radius 2 is 1.67 bits per heavy atom. The van der Waals surface area contributed by atoms with E-state index < -0.39 is 19.7 Å². The van der Waals surface area contributed by atoms with E-state index in [1.165, 1.54) is 17.7 Å². The van der Waals surface area contributed by atoms with Gasteiger partial charge in [-0.25, -0.2) is 16.8 Å². The number of nitrogens with one attached hydrogen (secondary N) is 2. The van der Waals surface area contributed by atoms with Crippen LogP contribution in [0.25, 0.3) is 0 Å². The average Bonchev–Trinajstić information content (AvgIpc) is 3.15. The third-order valence-corrected chi connectivity index (χ3v) is 7.64. The van der Waals surface area contributed by atoms with Crippen molar-refractivity contribution in [2.24, 2.45) is 0 Å². The minimum absolute atomic E-state index is 0.00765. The molecule has 0 saturated carbocycles. The zero-order valence-electron chi connectivity index (χ0n) is 17.5. The van der Waals surface area contributed by atoms with Crippen LogP contribution in [0.4, 0.5) is 5.69 Å². The van der Waals surface area contributed by atoms with Crippen LogP contribution in [0.1, 0.15) is 30.9 Å². The van der Waals surface area contributed by atoms with Crippen molar-refractivity contribution in [3.05, 3.63) is 54.1 Å². The minimum atomic E-state index is -3.57. The van der Waals surface area contributed by atoms with Gasteiger partial charge < -0.3 is 4.90 Å². The van der Waals surface area contributed by atoms with Gasteiger partial charge >= 0.3 is 0 Å². The summed E-state index contributed by atoms with van der Waals surface area (Å²) in [6.07, 6.45) is 4.97. The van der Waals surface area contributed by atoms with E-state index in [0.717, 1.165) is 31.8 Å². The van der Waals surface area contributed by atoms with Crippen molar-refractivity contribution in [2.75, 3.05) is 31.0 Å². The van der Waals surface area contributed by atoms with Gasteiger partial charge in [-0.15, -0.1) is 0 Å². The van der Waals surface area contributed by atoms with E-state index in [0.29, 0.717) is 18.3 Å². The van der Waals surface area contributed by atoms with Crippen molar-refractivity contribution >= 4 is 25.4 Å². The highest BCUT2D eigenvalue weighted by molar-refractivity contribution is 7.91. The molecule has 0 aliphatic carbocycles. The van der Waals surface area contributed by atoms with Gasteiger partial charge in [-0.05, 0) is 43.0 Å². The molecular weight excluding hydrogens is 422 g/mol. The summed E-state index contributed by atoms with van der Waals surface area (Å²) in [5.41, 5.74) is 8.47. The Balaban J connectivity index is 1.62. The van der Waals surface area contributed by atoms with Gasteiger partial charge in [0.05, 0.1) is 15.5 Å². The van der Waals surface area contributed by atoms with Crippen LogP contribution in [-0.2, 0) is 19.7 Å². The monoisotopic (exact) mass is 451 g/mol. The molecule has 9 heteroatoms. The maximum Gasteiger partial charge on any atom is 0.177 e. The Morgan fingerprint density at radius 1 is 0.967 bits per heavy atom. The molecule has 3 rings (SSSR count). The second-order valence-electron chi connectivity index (χ2n) is 7.92. The zero-order valence-corrected chi connectivity index (χ0v) is 19.1. The van der Waals surface area contributed by atoms with Crippen molar-refractivity contribution in [2.45, 2.75) is 41.1 Å². The molecule has 0 bridgehead atoms. The second-order valence-corrected chi connectivity index (χ2v) is 11.9. The van der Waals surface area contributed by atoms with E-state index in [1.54, 1.807) is 6.07 Å². The lowest BCUT2D eigenvalue weighted by atomic mass is 10.00. The fourth-order valence-corrected chi connectivity index (χ4v) is 5.41. The first-order valence-electron chi connectivity index (χ1n) is 9.87. The van der Waals surface area contributed by atoms with Crippen LogP contribution in [0, 0.1) is 0 Å². The van der Waals surface area contributed by atoms with E-state index >= 15 is 0 Å². The van der Waals surface area contributed by atoms with E-state index in [4.69, 9.17) is 0 Å². The molecule has 1 aliphatic heterocycles. The highest BCUT2D eigenvalue weighted by atomic mass is 32.2. The molecule has 2 N–H and O–H groups in total. The summed E-state index contributed by atoms with van der Waals surface area (Å²) >= 11 is 0. The fourth-order valence-electron chi connectivity index (χ4n) is 3.75. The molecule has 0 aromatic heterocycles. The van der Waals surface area contributed by atoms with Gasteiger partial charge in [-0.3, -0.25) is 10.9 Å². The lowest BCUT2D eigenvalue weighted by Gasteiger charge is -2.23. The summed E-state index contributed by atoms with van der Waals surface area (Å²) in [5, 5.41) is 0. The molecule has 2 unspecified atom stereocenters. The summed E-state index contributed by atoms with van der Waals surface area (Å²) in [4.78, 5) is 1.92. The van der Waals surface area contributed by atoms with Crippen LogP contribution in [0.5, 0.6) is 0 Å². The second kappa shape index (κ2) is 9.05. The Kier molecular flexibility index (Phi) is 6.86. The quantitative estimate of drug-likeness (QED) is 0.636. The number of nitrogens with zero attached hydrogens (tertiary/aromatic N) is 1. The molecule has 30 heavy (non-hydrogen) atoms. The summed E-state index contributed by atoms with van der Waals surface area (Å²) in [6, 6.07) is 15.2. The topological polar surface area (TPSA) is 95.6 Å². The largest absolute Gasteiger partial charge is 0.374 e. The predicted molar refractivity (Wildman–Crippen MR) is 119 cm³/mol. The predicted octanol–water partition coefficient (Wildman–Crippen LogP) is 2.32. The van der Waals surface area contributed by atoms with Gasteiger partial charge in [0.15, 0.2) is 19.7 Å². The van der Waals surface area contributed by atoms with Crippen molar-refractivity contribution in [1.82, 2.24) is 10.9 Å². The third kappa shape index (κ3) is 5.60. The molecule has 164 valence electrons. The lowest BCUT2D eigenvalue weighted by Crippen LogP contribution is -2.31. The van der Waals surface area contributed by atoms with Crippen molar-refractivity contribution in [1.29, 1.82) is 0 Å². The van der Waals surface area contributed by atoms with Crippen LogP contribution < -0.4 is 15.8 Å². The summed E-state index contributed by atoms with van der Waals surface area (Å²) in [6.45, 7) is 0.662. The number of rotatable bonds is 8. The standard InChI is InChI=1S/C21H29N3O4S2/c1-24(20-12-11-18(29(2,25)26)15-21(20)30(3,27)28)13-7-10-17-14-19(23-22-17)16-8-5-4-6-9-16/h4-6,8-9,11-12,15,17,19,22-23H,7,10,13-14H2,1-3H3. The summed E-state index contributed by atoms with van der Waals surface area (Å²) < 4.78 is 48.1. The van der Waals surface area contributed by atoms with Crippen molar-refractivity contribution < 1.29 is 16.8 Å². The molecule has 2 aromatic carbocycles. The number of benzene rings is 2.